The summed E-state index contributed by atoms with van der Waals surface area (Å²) in [4.78, 5) is 14.9. The lowest BCUT2D eigenvalue weighted by molar-refractivity contribution is -0.137. The molecule has 1 aromatic carbocycles. The Morgan fingerprint density at radius 3 is 2.80 bits per heavy atom. The third-order valence-electron chi connectivity index (χ3n) is 5.53. The minimum absolute atomic E-state index is 0. The average molecular weight is 361 g/mol. The second kappa shape index (κ2) is 7.63. The van der Waals surface area contributed by atoms with Gasteiger partial charge in [-0.15, -0.1) is 12.4 Å². The van der Waals surface area contributed by atoms with E-state index in [9.17, 15) is 4.79 Å². The maximum Gasteiger partial charge on any atom is 0.226 e. The Morgan fingerprint density at radius 1 is 1.24 bits per heavy atom. The van der Waals surface area contributed by atoms with Gasteiger partial charge in [0.05, 0.1) is 6.54 Å². The molecule has 1 fully saturated rings. The number of rotatable bonds is 3. The molecule has 0 radical (unpaired) electrons. The fourth-order valence-electron chi connectivity index (χ4n) is 4.13. The Hall–Kier alpha value is -1.78. The zero-order chi connectivity index (χ0) is 16.5. The molecule has 2 atom stereocenters. The molecule has 2 N–H and O–H groups in total. The van der Waals surface area contributed by atoms with Crippen LogP contribution in [-0.4, -0.2) is 23.9 Å². The number of carbonyl (C=O) groups excluding carboxylic acids is 1. The molecular formula is C20H25ClN2O2. The zero-order valence-electron chi connectivity index (χ0n) is 14.3. The van der Waals surface area contributed by atoms with Crippen LogP contribution in [0.4, 0.5) is 0 Å². The molecule has 0 bridgehead atoms. The number of amides is 1. The minimum atomic E-state index is 0. The van der Waals surface area contributed by atoms with Crippen LogP contribution < -0.4 is 5.73 Å². The lowest BCUT2D eigenvalue weighted by atomic mass is 9.94. The number of nitrogens with two attached hydrogens (primary N) is 1. The van der Waals surface area contributed by atoms with Crippen LogP contribution in [0.3, 0.4) is 0 Å². The summed E-state index contributed by atoms with van der Waals surface area (Å²) in [6, 6.07) is 12.3. The van der Waals surface area contributed by atoms with Gasteiger partial charge >= 0.3 is 0 Å². The van der Waals surface area contributed by atoms with E-state index < -0.39 is 0 Å². The van der Waals surface area contributed by atoms with Crippen molar-refractivity contribution in [2.24, 2.45) is 17.6 Å². The molecule has 0 spiro atoms. The first-order chi connectivity index (χ1) is 11.8. The van der Waals surface area contributed by atoms with E-state index in [2.05, 4.69) is 18.2 Å². The predicted molar refractivity (Wildman–Crippen MR) is 100 cm³/mol. The fourth-order valence-corrected chi connectivity index (χ4v) is 4.13. The van der Waals surface area contributed by atoms with Crippen LogP contribution in [0.25, 0.3) is 11.3 Å². The number of fused-ring (bicyclic) bond motifs is 1. The first-order valence-electron chi connectivity index (χ1n) is 8.92. The highest BCUT2D eigenvalue weighted by Gasteiger charge is 2.36. The van der Waals surface area contributed by atoms with E-state index in [1.54, 1.807) is 0 Å². The van der Waals surface area contributed by atoms with Crippen molar-refractivity contribution in [3.63, 3.8) is 0 Å². The summed E-state index contributed by atoms with van der Waals surface area (Å²) in [5, 5.41) is 0. The highest BCUT2D eigenvalue weighted by atomic mass is 35.5. The molecule has 1 saturated carbocycles. The standard InChI is InChI=1S/C20H24N2O2.ClH/c21-12-16-7-4-8-17(16)20(23)22-10-9-15-11-18(24-19(15)13-22)14-5-2-1-3-6-14;/h1-3,5-6,11,16-17H,4,7-10,12-13,21H2;1H/t16-,17-;/m1./s1. The first kappa shape index (κ1) is 18.0. The lowest BCUT2D eigenvalue weighted by Crippen LogP contribution is -2.41. The van der Waals surface area contributed by atoms with Crippen LogP contribution in [-0.2, 0) is 17.8 Å². The molecule has 4 rings (SSSR count). The summed E-state index contributed by atoms with van der Waals surface area (Å²) in [6.07, 6.45) is 4.07. The van der Waals surface area contributed by atoms with Crippen molar-refractivity contribution in [1.82, 2.24) is 4.90 Å². The van der Waals surface area contributed by atoms with E-state index in [0.29, 0.717) is 19.0 Å². The molecule has 2 aromatic rings. The highest BCUT2D eigenvalue weighted by Crippen LogP contribution is 2.35. The molecule has 1 aliphatic carbocycles. The first-order valence-corrected chi connectivity index (χ1v) is 8.92. The lowest BCUT2D eigenvalue weighted by Gasteiger charge is -2.30. The van der Waals surface area contributed by atoms with Gasteiger partial charge in [-0.05, 0) is 43.4 Å². The van der Waals surface area contributed by atoms with Crippen molar-refractivity contribution in [1.29, 1.82) is 0 Å². The Kier molecular flexibility index (Phi) is 5.50. The van der Waals surface area contributed by atoms with Gasteiger partial charge in [0.2, 0.25) is 5.91 Å². The maximum atomic E-state index is 12.9. The number of hydrogen-bond donors (Lipinski definition) is 1. The third kappa shape index (κ3) is 3.46. The van der Waals surface area contributed by atoms with Gasteiger partial charge in [-0.1, -0.05) is 36.8 Å². The molecule has 0 unspecified atom stereocenters. The molecule has 0 saturated heterocycles. The number of nitrogens with zero attached hydrogens (tertiary/aromatic N) is 1. The zero-order valence-corrected chi connectivity index (χ0v) is 15.1. The Balaban J connectivity index is 0.00000182. The summed E-state index contributed by atoms with van der Waals surface area (Å²) in [7, 11) is 0. The van der Waals surface area contributed by atoms with Crippen LogP contribution in [0.2, 0.25) is 0 Å². The molecule has 2 heterocycles. The second-order valence-electron chi connectivity index (χ2n) is 6.97. The van der Waals surface area contributed by atoms with Crippen molar-refractivity contribution >= 4 is 18.3 Å². The molecule has 2 aliphatic rings. The molecular weight excluding hydrogens is 336 g/mol. The van der Waals surface area contributed by atoms with Crippen LogP contribution in [0, 0.1) is 11.8 Å². The minimum Gasteiger partial charge on any atom is -0.459 e. The van der Waals surface area contributed by atoms with Crippen LogP contribution in [0.15, 0.2) is 40.8 Å². The number of carbonyl (C=O) groups is 1. The highest BCUT2D eigenvalue weighted by molar-refractivity contribution is 5.85. The summed E-state index contributed by atoms with van der Waals surface area (Å²) in [6.45, 7) is 2.00. The number of benzene rings is 1. The SMILES string of the molecule is Cl.NC[C@H]1CCC[C@H]1C(=O)N1CCc2cc(-c3ccccc3)oc2C1. The topological polar surface area (TPSA) is 59.5 Å². The van der Waals surface area contributed by atoms with Gasteiger partial charge in [0, 0.05) is 18.0 Å². The van der Waals surface area contributed by atoms with E-state index in [1.807, 2.05) is 23.1 Å². The van der Waals surface area contributed by atoms with Gasteiger partial charge in [-0.2, -0.15) is 0 Å². The summed E-state index contributed by atoms with van der Waals surface area (Å²) in [5.74, 6) is 2.58. The fraction of sp³-hybridized carbons (Fsp3) is 0.450. The largest absolute Gasteiger partial charge is 0.459 e. The molecule has 134 valence electrons. The average Bonchev–Trinajstić information content (AvgIpc) is 3.27. The van der Waals surface area contributed by atoms with Gasteiger partial charge in [-0.25, -0.2) is 0 Å². The van der Waals surface area contributed by atoms with E-state index in [-0.39, 0.29) is 24.2 Å². The van der Waals surface area contributed by atoms with Gasteiger partial charge in [-0.3, -0.25) is 4.79 Å². The van der Waals surface area contributed by atoms with Gasteiger partial charge in [0.15, 0.2) is 0 Å². The smallest absolute Gasteiger partial charge is 0.226 e. The molecule has 1 aromatic heterocycles. The van der Waals surface area contributed by atoms with Gasteiger partial charge in [0.25, 0.3) is 0 Å². The number of halogens is 1. The van der Waals surface area contributed by atoms with Crippen molar-refractivity contribution in [3.8, 4) is 11.3 Å². The summed E-state index contributed by atoms with van der Waals surface area (Å²) < 4.78 is 6.07. The van der Waals surface area contributed by atoms with Crippen molar-refractivity contribution in [2.45, 2.75) is 32.2 Å². The van der Waals surface area contributed by atoms with Crippen LogP contribution >= 0.6 is 12.4 Å². The van der Waals surface area contributed by atoms with E-state index in [0.717, 1.165) is 49.3 Å². The molecule has 1 amide bonds. The maximum absolute atomic E-state index is 12.9. The van der Waals surface area contributed by atoms with E-state index >= 15 is 0 Å². The normalized spacial score (nSPS) is 22.4. The summed E-state index contributed by atoms with van der Waals surface area (Å²) >= 11 is 0. The van der Waals surface area contributed by atoms with Crippen molar-refractivity contribution in [2.75, 3.05) is 13.1 Å². The predicted octanol–water partition coefficient (Wildman–Crippen LogP) is 3.63. The van der Waals surface area contributed by atoms with E-state index in [4.69, 9.17) is 10.2 Å². The van der Waals surface area contributed by atoms with Crippen LogP contribution in [0.5, 0.6) is 0 Å². The molecule has 25 heavy (non-hydrogen) atoms. The third-order valence-corrected chi connectivity index (χ3v) is 5.53. The molecule has 5 heteroatoms. The van der Waals surface area contributed by atoms with Crippen molar-refractivity contribution < 1.29 is 9.21 Å². The van der Waals surface area contributed by atoms with Crippen molar-refractivity contribution in [3.05, 3.63) is 47.7 Å². The van der Waals surface area contributed by atoms with Gasteiger partial charge < -0.3 is 15.1 Å². The van der Waals surface area contributed by atoms with Crippen LogP contribution in [0.1, 0.15) is 30.6 Å². The number of hydrogen-bond acceptors (Lipinski definition) is 3. The number of furan rings is 1. The Morgan fingerprint density at radius 2 is 2.04 bits per heavy atom. The summed E-state index contributed by atoms with van der Waals surface area (Å²) in [5.41, 5.74) is 8.17. The molecule has 1 aliphatic heterocycles. The quantitative estimate of drug-likeness (QED) is 0.909. The Labute approximate surface area is 154 Å². The molecule has 4 nitrogen and oxygen atoms in total. The van der Waals surface area contributed by atoms with E-state index in [1.165, 1.54) is 5.56 Å². The van der Waals surface area contributed by atoms with Gasteiger partial charge in [0.1, 0.15) is 11.5 Å². The Bertz CT molecular complexity index is 729. The second-order valence-corrected chi connectivity index (χ2v) is 6.97. The monoisotopic (exact) mass is 360 g/mol.